The van der Waals surface area contributed by atoms with Gasteiger partial charge in [0.1, 0.15) is 11.3 Å². The third kappa shape index (κ3) is 5.35. The number of carboxylic acid groups (broad SMARTS) is 1. The molecule has 3 aromatic carbocycles. The number of aromatic carboxylic acids is 1. The molecule has 1 fully saturated rings. The van der Waals surface area contributed by atoms with Crippen molar-refractivity contribution < 1.29 is 19.1 Å². The van der Waals surface area contributed by atoms with Crippen LogP contribution in [-0.4, -0.2) is 53.5 Å². The molecule has 1 atom stereocenters. The van der Waals surface area contributed by atoms with Gasteiger partial charge in [-0.05, 0) is 50.1 Å². The Hall–Kier alpha value is -4.43. The molecule has 8 nitrogen and oxygen atoms in total. The van der Waals surface area contributed by atoms with Crippen LogP contribution in [0, 0.1) is 13.8 Å². The fourth-order valence-corrected chi connectivity index (χ4v) is 5.23. The second-order valence-electron chi connectivity index (χ2n) is 10.6. The number of carbonyl (C=O) groups excluding carboxylic acids is 1. The minimum atomic E-state index is -1.02. The number of aryl methyl sites for hydroxylation is 1. The topological polar surface area (TPSA) is 103 Å². The van der Waals surface area contributed by atoms with Crippen molar-refractivity contribution >= 4 is 28.5 Å². The number of carboxylic acids is 1. The van der Waals surface area contributed by atoms with Gasteiger partial charge in [-0.2, -0.15) is 0 Å². The summed E-state index contributed by atoms with van der Waals surface area (Å²) in [5.74, 6) is -0.392. The lowest BCUT2D eigenvalue weighted by molar-refractivity contribution is -0.134. The van der Waals surface area contributed by atoms with Crippen LogP contribution in [0.25, 0.3) is 22.3 Å². The summed E-state index contributed by atoms with van der Waals surface area (Å²) >= 11 is 0. The molecule has 1 saturated heterocycles. The molecule has 1 aromatic heterocycles. The Morgan fingerprint density at radius 1 is 1.05 bits per heavy atom. The highest BCUT2D eigenvalue weighted by Gasteiger charge is 2.22. The summed E-state index contributed by atoms with van der Waals surface area (Å²) in [5.41, 5.74) is 5.11. The van der Waals surface area contributed by atoms with Crippen LogP contribution < -0.4 is 10.7 Å². The monoisotopic (exact) mass is 539 g/mol. The number of likely N-dealkylation sites (N-methyl/N-ethyl adjacent to an activating group) is 1. The molecule has 1 aliphatic rings. The summed E-state index contributed by atoms with van der Waals surface area (Å²) in [6.45, 7) is 8.24. The summed E-state index contributed by atoms with van der Waals surface area (Å²) in [4.78, 5) is 41.2. The maximum Gasteiger partial charge on any atom is 0.337 e. The van der Waals surface area contributed by atoms with E-state index >= 15 is 0 Å². The minimum Gasteiger partial charge on any atom is -0.478 e. The van der Waals surface area contributed by atoms with Crippen LogP contribution in [0.3, 0.4) is 0 Å². The number of para-hydroxylation sites is 1. The fraction of sp³-hybridized carbons (Fsp3) is 0.281. The van der Waals surface area contributed by atoms with Crippen molar-refractivity contribution in [2.75, 3.05) is 32.0 Å². The van der Waals surface area contributed by atoms with Crippen LogP contribution in [0.4, 0.5) is 5.69 Å². The molecule has 0 spiro atoms. The van der Waals surface area contributed by atoms with Gasteiger partial charge in [0.2, 0.25) is 5.91 Å². The number of hydrogen-bond donors (Lipinski definition) is 2. The maximum absolute atomic E-state index is 13.5. The lowest BCUT2D eigenvalue weighted by Gasteiger charge is -2.31. The average molecular weight is 540 g/mol. The first-order valence-corrected chi connectivity index (χ1v) is 13.3. The molecule has 4 aromatic rings. The summed E-state index contributed by atoms with van der Waals surface area (Å²) < 4.78 is 6.48. The van der Waals surface area contributed by atoms with Crippen molar-refractivity contribution in [3.05, 3.63) is 98.7 Å². The summed E-state index contributed by atoms with van der Waals surface area (Å²) in [6, 6.07) is 18.1. The third-order valence-electron chi connectivity index (χ3n) is 7.55. The maximum atomic E-state index is 13.5. The van der Waals surface area contributed by atoms with E-state index in [0.29, 0.717) is 41.1 Å². The Morgan fingerprint density at radius 2 is 1.77 bits per heavy atom. The van der Waals surface area contributed by atoms with Gasteiger partial charge < -0.3 is 19.7 Å². The first-order valence-electron chi connectivity index (χ1n) is 13.3. The summed E-state index contributed by atoms with van der Waals surface area (Å²) in [6.07, 6.45) is 0. The Kier molecular flexibility index (Phi) is 7.45. The van der Waals surface area contributed by atoms with Crippen LogP contribution in [0.2, 0.25) is 0 Å². The normalized spacial score (nSPS) is 14.9. The zero-order chi connectivity index (χ0) is 28.6. The molecule has 0 saturated carbocycles. The van der Waals surface area contributed by atoms with Gasteiger partial charge in [0.15, 0.2) is 5.43 Å². The largest absolute Gasteiger partial charge is 0.478 e. The molecule has 8 heteroatoms. The van der Waals surface area contributed by atoms with Crippen molar-refractivity contribution in [3.63, 3.8) is 0 Å². The Bertz CT molecular complexity index is 1660. The first kappa shape index (κ1) is 27.1. The smallest absolute Gasteiger partial charge is 0.337 e. The molecule has 1 amide bonds. The van der Waals surface area contributed by atoms with Crippen LogP contribution in [-0.2, 0) is 11.3 Å². The SMILES string of the molecule is Cc1cc(C(C)Nc2ccccc2C(=O)O)c2oc(-c3ccc(CN4CCN(C)C(=O)C4)cc3)c(C)c(=O)c2c1. The van der Waals surface area contributed by atoms with E-state index in [1.807, 2.05) is 57.3 Å². The van der Waals surface area contributed by atoms with E-state index in [-0.39, 0.29) is 22.9 Å². The number of amides is 1. The number of nitrogens with zero attached hydrogens (tertiary/aromatic N) is 2. The zero-order valence-corrected chi connectivity index (χ0v) is 23.2. The fourth-order valence-electron chi connectivity index (χ4n) is 5.23. The highest BCUT2D eigenvalue weighted by molar-refractivity contribution is 5.94. The standard InChI is InChI=1S/C32H33N3O5/c1-19-15-25(21(3)33-27-8-6-5-7-24(27)32(38)39)31-26(16-19)29(37)20(2)30(40-31)23-11-9-22(10-12-23)17-35-14-13-34(4)28(36)18-35/h5-12,15-16,21,33H,13-14,17-18H2,1-4H3,(H,38,39). The Morgan fingerprint density at radius 3 is 2.48 bits per heavy atom. The van der Waals surface area contributed by atoms with Gasteiger partial charge in [0.05, 0.1) is 23.5 Å². The van der Waals surface area contributed by atoms with Crippen molar-refractivity contribution in [1.29, 1.82) is 0 Å². The number of carbonyl (C=O) groups is 2. The predicted molar refractivity (Wildman–Crippen MR) is 156 cm³/mol. The summed E-state index contributed by atoms with van der Waals surface area (Å²) in [5, 5.41) is 13.4. The second-order valence-corrected chi connectivity index (χ2v) is 10.6. The van der Waals surface area contributed by atoms with E-state index in [0.717, 1.165) is 35.3 Å². The number of rotatable bonds is 7. The van der Waals surface area contributed by atoms with E-state index in [9.17, 15) is 19.5 Å². The molecule has 0 radical (unpaired) electrons. The highest BCUT2D eigenvalue weighted by Crippen LogP contribution is 2.33. The molecule has 2 heterocycles. The summed E-state index contributed by atoms with van der Waals surface area (Å²) in [7, 11) is 1.83. The molecule has 0 bridgehead atoms. The van der Waals surface area contributed by atoms with Gasteiger partial charge in [0, 0.05) is 49.1 Å². The number of piperazine rings is 1. The first-order chi connectivity index (χ1) is 19.1. The minimum absolute atomic E-state index is 0.0978. The molecule has 40 heavy (non-hydrogen) atoms. The van der Waals surface area contributed by atoms with Crippen molar-refractivity contribution in [2.45, 2.75) is 33.4 Å². The van der Waals surface area contributed by atoms with E-state index in [1.54, 1.807) is 36.1 Å². The Labute approximate surface area is 232 Å². The van der Waals surface area contributed by atoms with Crippen molar-refractivity contribution in [2.24, 2.45) is 0 Å². The average Bonchev–Trinajstić information content (AvgIpc) is 2.93. The number of benzene rings is 3. The van der Waals surface area contributed by atoms with Crippen LogP contribution >= 0.6 is 0 Å². The zero-order valence-electron chi connectivity index (χ0n) is 23.2. The predicted octanol–water partition coefficient (Wildman–Crippen LogP) is 5.22. The van der Waals surface area contributed by atoms with Gasteiger partial charge in [-0.3, -0.25) is 14.5 Å². The quantitative estimate of drug-likeness (QED) is 0.332. The number of hydrogen-bond acceptors (Lipinski definition) is 6. The van der Waals surface area contributed by atoms with Gasteiger partial charge in [-0.25, -0.2) is 4.79 Å². The van der Waals surface area contributed by atoms with Crippen LogP contribution in [0.15, 0.2) is 69.9 Å². The molecule has 2 N–H and O–H groups in total. The number of fused-ring (bicyclic) bond motifs is 1. The molecule has 206 valence electrons. The van der Waals surface area contributed by atoms with Crippen molar-refractivity contribution in [1.82, 2.24) is 9.80 Å². The van der Waals surface area contributed by atoms with E-state index in [1.165, 1.54) is 0 Å². The molecular formula is C32H33N3O5. The highest BCUT2D eigenvalue weighted by atomic mass is 16.4. The molecule has 0 aliphatic carbocycles. The van der Waals surface area contributed by atoms with Gasteiger partial charge >= 0.3 is 5.97 Å². The lowest BCUT2D eigenvalue weighted by atomic mass is 9.98. The molecule has 1 aliphatic heterocycles. The lowest BCUT2D eigenvalue weighted by Crippen LogP contribution is -2.47. The van der Waals surface area contributed by atoms with Gasteiger partial charge in [0.25, 0.3) is 0 Å². The molecular weight excluding hydrogens is 506 g/mol. The van der Waals surface area contributed by atoms with E-state index in [4.69, 9.17) is 4.42 Å². The Balaban J connectivity index is 1.49. The molecule has 5 rings (SSSR count). The number of nitrogens with one attached hydrogen (secondary N) is 1. The van der Waals surface area contributed by atoms with E-state index < -0.39 is 5.97 Å². The molecule has 1 unspecified atom stereocenters. The van der Waals surface area contributed by atoms with Gasteiger partial charge in [-0.15, -0.1) is 0 Å². The van der Waals surface area contributed by atoms with Crippen LogP contribution in [0.1, 0.15) is 45.6 Å². The second kappa shape index (κ2) is 11.0. The number of anilines is 1. The van der Waals surface area contributed by atoms with Gasteiger partial charge in [-0.1, -0.05) is 42.5 Å². The van der Waals surface area contributed by atoms with E-state index in [2.05, 4.69) is 10.2 Å². The van der Waals surface area contributed by atoms with Crippen LogP contribution in [0.5, 0.6) is 0 Å². The van der Waals surface area contributed by atoms with Crippen molar-refractivity contribution in [3.8, 4) is 11.3 Å². The third-order valence-corrected chi connectivity index (χ3v) is 7.55.